The van der Waals surface area contributed by atoms with Crippen LogP contribution in [-0.4, -0.2) is 58.4 Å². The molecule has 1 amide bonds. The van der Waals surface area contributed by atoms with Gasteiger partial charge in [0, 0.05) is 17.7 Å². The molecule has 2 aromatic carbocycles. The lowest BCUT2D eigenvalue weighted by Gasteiger charge is -2.16. The van der Waals surface area contributed by atoms with Gasteiger partial charge in [0.2, 0.25) is 6.17 Å². The van der Waals surface area contributed by atoms with Crippen LogP contribution in [-0.2, 0) is 14.9 Å². The molecule has 1 saturated heterocycles. The van der Waals surface area contributed by atoms with E-state index in [4.69, 9.17) is 14.1 Å². The van der Waals surface area contributed by atoms with Crippen LogP contribution in [0.15, 0.2) is 64.0 Å². The number of aromatic nitrogens is 3. The van der Waals surface area contributed by atoms with E-state index in [1.165, 1.54) is 0 Å². The SMILES string of the molecule is O=C1Nc2ccccc2C(c2ccccc2)=N[C@@H]1Nc1nnc(-c2nc(C3(C(F)(F)F)CC3)sc2NC2CCOC2)o1. The number of aliphatic imine (C=N–C) groups is 1. The third-order valence-electron chi connectivity index (χ3n) is 7.48. The summed E-state index contributed by atoms with van der Waals surface area (Å²) in [4.78, 5) is 22.2. The van der Waals surface area contributed by atoms with E-state index in [1.54, 1.807) is 6.07 Å². The molecule has 4 heterocycles. The number of ether oxygens (including phenoxy) is 1. The average molecular weight is 596 g/mol. The summed E-state index contributed by atoms with van der Waals surface area (Å²) in [6.45, 7) is 0.979. The third-order valence-corrected chi connectivity index (χ3v) is 8.67. The van der Waals surface area contributed by atoms with Gasteiger partial charge < -0.3 is 25.1 Å². The number of anilines is 3. The molecular weight excluding hydrogens is 571 g/mol. The molecule has 1 saturated carbocycles. The molecule has 1 unspecified atom stereocenters. The van der Waals surface area contributed by atoms with E-state index in [-0.39, 0.29) is 41.5 Å². The number of benzene rings is 2. The van der Waals surface area contributed by atoms with E-state index >= 15 is 0 Å². The Bertz CT molecular complexity index is 1660. The number of carbonyl (C=O) groups is 1. The van der Waals surface area contributed by atoms with Crippen LogP contribution in [0.1, 0.15) is 35.4 Å². The van der Waals surface area contributed by atoms with Crippen molar-refractivity contribution in [1.29, 1.82) is 0 Å². The molecule has 10 nitrogen and oxygen atoms in total. The Labute approximate surface area is 241 Å². The topological polar surface area (TPSA) is 127 Å². The summed E-state index contributed by atoms with van der Waals surface area (Å²) in [5, 5.41) is 17.4. The maximum absolute atomic E-state index is 13.9. The molecule has 4 aromatic rings. The number of halogens is 3. The highest BCUT2D eigenvalue weighted by molar-refractivity contribution is 7.16. The first-order valence-electron chi connectivity index (χ1n) is 13.4. The van der Waals surface area contributed by atoms with Crippen molar-refractivity contribution >= 4 is 39.7 Å². The molecule has 0 bridgehead atoms. The first-order valence-corrected chi connectivity index (χ1v) is 14.2. The average Bonchev–Trinajstić information content (AvgIpc) is 3.27. The number of nitrogens with zero attached hydrogens (tertiary/aromatic N) is 4. The van der Waals surface area contributed by atoms with Gasteiger partial charge in [-0.3, -0.25) is 4.79 Å². The van der Waals surface area contributed by atoms with Crippen LogP contribution in [0.4, 0.5) is 29.9 Å². The van der Waals surface area contributed by atoms with E-state index in [0.717, 1.165) is 22.5 Å². The molecule has 0 radical (unpaired) electrons. The standard InChI is InChI=1S/C28H24F3N7O3S/c29-28(30,31)27(11-12-27)25-35-20(24(42-25)32-16-10-13-40-14-16)23-37-38-26(41-23)36-21-22(39)33-18-9-5-4-8-17(18)19(34-21)15-6-2-1-3-7-15/h1-9,16,21,32H,10-14H2,(H,33,39)(H,36,38)/t16?,21-/m1/s1. The van der Waals surface area contributed by atoms with Crippen molar-refractivity contribution < 1.29 is 27.1 Å². The van der Waals surface area contributed by atoms with Crippen molar-refractivity contribution in [3.63, 3.8) is 0 Å². The fraction of sp³-hybridized carbons (Fsp3) is 0.321. The Kier molecular flexibility index (Phi) is 6.46. The van der Waals surface area contributed by atoms with Crippen molar-refractivity contribution in [2.24, 2.45) is 4.99 Å². The van der Waals surface area contributed by atoms with Crippen LogP contribution in [0.25, 0.3) is 11.6 Å². The number of hydrogen-bond donors (Lipinski definition) is 3. The van der Waals surface area contributed by atoms with Gasteiger partial charge in [-0.25, -0.2) is 9.98 Å². The highest BCUT2D eigenvalue weighted by Crippen LogP contribution is 2.60. The zero-order chi connectivity index (χ0) is 28.9. The molecule has 3 aliphatic rings. The molecule has 14 heteroatoms. The smallest absolute Gasteiger partial charge is 0.400 e. The van der Waals surface area contributed by atoms with Crippen molar-refractivity contribution in [1.82, 2.24) is 15.2 Å². The Hall–Kier alpha value is -4.30. The highest BCUT2D eigenvalue weighted by Gasteiger charge is 2.66. The minimum atomic E-state index is -4.42. The summed E-state index contributed by atoms with van der Waals surface area (Å²) < 4.78 is 53.0. The van der Waals surface area contributed by atoms with Crippen LogP contribution in [0, 0.1) is 0 Å². The molecule has 7 rings (SSSR count). The van der Waals surface area contributed by atoms with Crippen LogP contribution in [0.3, 0.4) is 0 Å². The summed E-state index contributed by atoms with van der Waals surface area (Å²) in [5.41, 5.74) is 0.895. The van der Waals surface area contributed by atoms with Crippen molar-refractivity contribution in [3.05, 3.63) is 70.7 Å². The number of para-hydroxylation sites is 1. The van der Waals surface area contributed by atoms with E-state index in [2.05, 4.69) is 31.1 Å². The number of nitrogens with one attached hydrogen (secondary N) is 3. The quantitative estimate of drug-likeness (QED) is 0.266. The summed E-state index contributed by atoms with van der Waals surface area (Å²) >= 11 is 0.945. The molecule has 2 fully saturated rings. The molecule has 3 N–H and O–H groups in total. The van der Waals surface area contributed by atoms with Crippen LogP contribution in [0.2, 0.25) is 0 Å². The zero-order valence-electron chi connectivity index (χ0n) is 21.9. The second-order valence-corrected chi connectivity index (χ2v) is 11.3. The molecule has 2 aliphatic heterocycles. The van der Waals surface area contributed by atoms with Gasteiger partial charge in [-0.2, -0.15) is 13.2 Å². The fourth-order valence-electron chi connectivity index (χ4n) is 5.02. The monoisotopic (exact) mass is 595 g/mol. The van der Waals surface area contributed by atoms with Gasteiger partial charge in [-0.05, 0) is 25.3 Å². The summed E-state index contributed by atoms with van der Waals surface area (Å²) in [6, 6.07) is 16.5. The maximum Gasteiger partial charge on any atom is 0.400 e. The first kappa shape index (κ1) is 26.6. The largest absolute Gasteiger partial charge is 0.402 e. The lowest BCUT2D eigenvalue weighted by molar-refractivity contribution is -0.160. The number of alkyl halides is 3. The Morgan fingerprint density at radius 2 is 1.81 bits per heavy atom. The Morgan fingerprint density at radius 1 is 1.02 bits per heavy atom. The number of rotatable bonds is 7. The van der Waals surface area contributed by atoms with Crippen LogP contribution in [0.5, 0.6) is 0 Å². The van der Waals surface area contributed by atoms with Crippen molar-refractivity contribution in [3.8, 4) is 11.6 Å². The fourth-order valence-corrected chi connectivity index (χ4v) is 6.32. The molecule has 1 aliphatic carbocycles. The van der Waals surface area contributed by atoms with Gasteiger partial charge in [0.15, 0.2) is 5.69 Å². The summed E-state index contributed by atoms with van der Waals surface area (Å²) in [6.07, 6.45) is -4.90. The van der Waals surface area contributed by atoms with Gasteiger partial charge in [-0.1, -0.05) is 65.0 Å². The Balaban J connectivity index is 1.21. The van der Waals surface area contributed by atoms with Gasteiger partial charge in [-0.15, -0.1) is 5.10 Å². The minimum Gasteiger partial charge on any atom is -0.402 e. The van der Waals surface area contributed by atoms with Crippen LogP contribution < -0.4 is 16.0 Å². The van der Waals surface area contributed by atoms with Crippen molar-refractivity contribution in [2.45, 2.75) is 43.1 Å². The van der Waals surface area contributed by atoms with Gasteiger partial charge in [0.05, 0.1) is 24.0 Å². The maximum atomic E-state index is 13.9. The van der Waals surface area contributed by atoms with E-state index in [1.807, 2.05) is 48.5 Å². The number of thiazole rings is 1. The van der Waals surface area contributed by atoms with Gasteiger partial charge in [0.25, 0.3) is 11.8 Å². The number of carbonyl (C=O) groups excluding carboxylic acids is 1. The minimum absolute atomic E-state index is 0.0208. The molecule has 216 valence electrons. The summed E-state index contributed by atoms with van der Waals surface area (Å²) in [5.74, 6) is -0.530. The molecule has 42 heavy (non-hydrogen) atoms. The lowest BCUT2D eigenvalue weighted by atomic mass is 10.0. The molecule has 2 aromatic heterocycles. The normalized spacial score (nSPS) is 21.2. The van der Waals surface area contributed by atoms with Crippen molar-refractivity contribution in [2.75, 3.05) is 29.2 Å². The number of hydrogen-bond acceptors (Lipinski definition) is 10. The van der Waals surface area contributed by atoms with Gasteiger partial charge >= 0.3 is 12.2 Å². The highest BCUT2D eigenvalue weighted by atomic mass is 32.1. The molecule has 0 spiro atoms. The molecular formula is C28H24F3N7O3S. The number of fused-ring (bicyclic) bond motifs is 1. The molecule has 2 atom stereocenters. The van der Waals surface area contributed by atoms with Gasteiger partial charge in [0.1, 0.15) is 15.4 Å². The third kappa shape index (κ3) is 4.79. The second kappa shape index (κ2) is 10.2. The predicted octanol–water partition coefficient (Wildman–Crippen LogP) is 5.22. The first-order chi connectivity index (χ1) is 20.3. The number of benzodiazepines with no additional fused rings is 1. The van der Waals surface area contributed by atoms with E-state index < -0.39 is 23.7 Å². The second-order valence-electron chi connectivity index (χ2n) is 10.3. The van der Waals surface area contributed by atoms with Crippen LogP contribution >= 0.6 is 11.3 Å². The van der Waals surface area contributed by atoms with E-state index in [9.17, 15) is 18.0 Å². The predicted molar refractivity (Wildman–Crippen MR) is 150 cm³/mol. The van der Waals surface area contributed by atoms with E-state index in [0.29, 0.717) is 36.0 Å². The number of amides is 1. The Morgan fingerprint density at radius 3 is 2.55 bits per heavy atom. The lowest BCUT2D eigenvalue weighted by Crippen LogP contribution is -2.32. The summed E-state index contributed by atoms with van der Waals surface area (Å²) in [7, 11) is 0. The zero-order valence-corrected chi connectivity index (χ0v) is 22.8.